The Morgan fingerprint density at radius 1 is 0.946 bits per heavy atom. The van der Waals surface area contributed by atoms with Gasteiger partial charge in [0.15, 0.2) is 5.82 Å². The molecule has 0 amide bonds. The molecule has 5 rings (SSSR count). The zero-order chi connectivity index (χ0) is 25.8. The van der Waals surface area contributed by atoms with Gasteiger partial charge in [0.05, 0.1) is 37.8 Å². The van der Waals surface area contributed by atoms with Gasteiger partial charge in [-0.25, -0.2) is 8.78 Å². The van der Waals surface area contributed by atoms with Crippen LogP contribution in [0.2, 0.25) is 0 Å². The minimum atomic E-state index is -0.775. The number of rotatable bonds is 7. The second-order valence-corrected chi connectivity index (χ2v) is 8.79. The number of aromatic nitrogens is 4. The van der Waals surface area contributed by atoms with Crippen molar-refractivity contribution in [2.75, 3.05) is 38.6 Å². The molecule has 1 saturated heterocycles. The Morgan fingerprint density at radius 2 is 1.78 bits per heavy atom. The molecule has 0 radical (unpaired) electrons. The highest BCUT2D eigenvalue weighted by Crippen LogP contribution is 2.30. The van der Waals surface area contributed by atoms with Crippen LogP contribution in [0.3, 0.4) is 0 Å². The van der Waals surface area contributed by atoms with Gasteiger partial charge < -0.3 is 16.2 Å². The molecule has 1 aromatic carbocycles. The van der Waals surface area contributed by atoms with Gasteiger partial charge in [-0.05, 0) is 29.8 Å². The minimum absolute atomic E-state index is 0.000241. The van der Waals surface area contributed by atoms with Crippen molar-refractivity contribution in [3.63, 3.8) is 0 Å². The molecule has 0 unspecified atom stereocenters. The molecule has 0 spiro atoms. The SMILES string of the molecule is NC=C(c1cc(N)cc(-c2ncc(F)cc2F)c1)c1ccc(-c2cnn(CCN3CCOCC3)c2)cn1. The molecule has 37 heavy (non-hydrogen) atoms. The van der Waals surface area contributed by atoms with Gasteiger partial charge in [-0.3, -0.25) is 19.5 Å². The Balaban J connectivity index is 1.34. The number of hydrogen-bond donors (Lipinski definition) is 2. The van der Waals surface area contributed by atoms with Crippen molar-refractivity contribution in [3.8, 4) is 22.4 Å². The summed E-state index contributed by atoms with van der Waals surface area (Å²) in [6.07, 6.45) is 7.98. The molecule has 1 fully saturated rings. The Labute approximate surface area is 213 Å². The zero-order valence-corrected chi connectivity index (χ0v) is 20.1. The summed E-state index contributed by atoms with van der Waals surface area (Å²) < 4.78 is 35.0. The van der Waals surface area contributed by atoms with Crippen molar-refractivity contribution in [2.24, 2.45) is 5.73 Å². The lowest BCUT2D eigenvalue weighted by atomic mass is 9.98. The van der Waals surface area contributed by atoms with Gasteiger partial charge in [0.1, 0.15) is 11.5 Å². The summed E-state index contributed by atoms with van der Waals surface area (Å²) >= 11 is 0. The molecule has 190 valence electrons. The van der Waals surface area contributed by atoms with E-state index in [1.165, 1.54) is 6.20 Å². The highest BCUT2D eigenvalue weighted by atomic mass is 19.1. The predicted molar refractivity (Wildman–Crippen MR) is 138 cm³/mol. The molecule has 1 aliphatic rings. The zero-order valence-electron chi connectivity index (χ0n) is 20.1. The number of ether oxygens (including phenoxy) is 1. The van der Waals surface area contributed by atoms with E-state index < -0.39 is 11.6 Å². The Bertz CT molecular complexity index is 1410. The van der Waals surface area contributed by atoms with Crippen LogP contribution in [0.1, 0.15) is 11.3 Å². The van der Waals surface area contributed by atoms with Gasteiger partial charge in [-0.1, -0.05) is 6.07 Å². The van der Waals surface area contributed by atoms with Crippen LogP contribution in [-0.2, 0) is 11.3 Å². The molecule has 0 bridgehead atoms. The second kappa shape index (κ2) is 10.9. The van der Waals surface area contributed by atoms with Crippen molar-refractivity contribution in [1.82, 2.24) is 24.6 Å². The maximum Gasteiger partial charge on any atom is 0.152 e. The quantitative estimate of drug-likeness (QED) is 0.371. The average molecular weight is 504 g/mol. The normalized spacial score (nSPS) is 14.7. The molecular weight excluding hydrogens is 476 g/mol. The van der Waals surface area contributed by atoms with Crippen LogP contribution in [-0.4, -0.2) is 57.5 Å². The number of nitrogen functional groups attached to an aromatic ring is 1. The summed E-state index contributed by atoms with van der Waals surface area (Å²) in [5, 5.41) is 4.48. The minimum Gasteiger partial charge on any atom is -0.404 e. The highest BCUT2D eigenvalue weighted by Gasteiger charge is 2.14. The molecule has 0 atom stereocenters. The molecule has 3 aromatic heterocycles. The Morgan fingerprint density at radius 3 is 2.51 bits per heavy atom. The predicted octanol–water partition coefficient (Wildman–Crippen LogP) is 3.55. The van der Waals surface area contributed by atoms with E-state index in [0.717, 1.165) is 62.8 Å². The first-order chi connectivity index (χ1) is 18.0. The molecule has 4 heterocycles. The Kier molecular flexibility index (Phi) is 7.20. The number of pyridine rings is 2. The Hall–Kier alpha value is -4.15. The first-order valence-electron chi connectivity index (χ1n) is 11.9. The molecule has 0 aliphatic carbocycles. The van der Waals surface area contributed by atoms with Gasteiger partial charge in [-0.15, -0.1) is 0 Å². The largest absolute Gasteiger partial charge is 0.404 e. The summed E-state index contributed by atoms with van der Waals surface area (Å²) in [4.78, 5) is 10.9. The van der Waals surface area contributed by atoms with E-state index in [1.54, 1.807) is 24.4 Å². The fraction of sp³-hybridized carbons (Fsp3) is 0.222. The van der Waals surface area contributed by atoms with Crippen LogP contribution < -0.4 is 11.5 Å². The lowest BCUT2D eigenvalue weighted by Gasteiger charge is -2.26. The molecule has 4 aromatic rings. The number of anilines is 1. The first-order valence-corrected chi connectivity index (χ1v) is 11.9. The second-order valence-electron chi connectivity index (χ2n) is 8.79. The maximum absolute atomic E-state index is 14.3. The van der Waals surface area contributed by atoms with Gasteiger partial charge in [-0.2, -0.15) is 5.10 Å². The van der Waals surface area contributed by atoms with E-state index in [4.69, 9.17) is 16.2 Å². The van der Waals surface area contributed by atoms with Gasteiger partial charge in [0.2, 0.25) is 0 Å². The smallest absolute Gasteiger partial charge is 0.152 e. The van der Waals surface area contributed by atoms with Crippen molar-refractivity contribution in [2.45, 2.75) is 6.54 Å². The molecule has 10 heteroatoms. The third-order valence-electron chi connectivity index (χ3n) is 6.27. The van der Waals surface area contributed by atoms with Crippen molar-refractivity contribution < 1.29 is 13.5 Å². The fourth-order valence-electron chi connectivity index (χ4n) is 4.33. The fourth-order valence-corrected chi connectivity index (χ4v) is 4.33. The third kappa shape index (κ3) is 5.65. The monoisotopic (exact) mass is 503 g/mol. The van der Waals surface area contributed by atoms with Crippen LogP contribution in [0.25, 0.3) is 28.0 Å². The highest BCUT2D eigenvalue weighted by molar-refractivity contribution is 5.82. The van der Waals surface area contributed by atoms with E-state index in [-0.39, 0.29) is 5.69 Å². The van der Waals surface area contributed by atoms with E-state index in [1.807, 2.05) is 29.2 Å². The van der Waals surface area contributed by atoms with Crippen LogP contribution in [0.5, 0.6) is 0 Å². The summed E-state index contributed by atoms with van der Waals surface area (Å²) in [7, 11) is 0. The van der Waals surface area contributed by atoms with Gasteiger partial charge in [0, 0.05) is 72.2 Å². The molecule has 8 nitrogen and oxygen atoms in total. The van der Waals surface area contributed by atoms with Crippen LogP contribution >= 0.6 is 0 Å². The van der Waals surface area contributed by atoms with E-state index >= 15 is 0 Å². The molecule has 0 saturated carbocycles. The van der Waals surface area contributed by atoms with Gasteiger partial charge in [0.25, 0.3) is 0 Å². The van der Waals surface area contributed by atoms with Crippen molar-refractivity contribution in [1.29, 1.82) is 0 Å². The van der Waals surface area contributed by atoms with E-state index in [9.17, 15) is 8.78 Å². The number of nitrogens with zero attached hydrogens (tertiary/aromatic N) is 5. The number of benzene rings is 1. The molecule has 1 aliphatic heterocycles. The summed E-state index contributed by atoms with van der Waals surface area (Å²) in [6, 6.07) is 9.59. The first kappa shape index (κ1) is 24.5. The van der Waals surface area contributed by atoms with E-state index in [0.29, 0.717) is 28.1 Å². The van der Waals surface area contributed by atoms with Gasteiger partial charge >= 0.3 is 0 Å². The lowest BCUT2D eigenvalue weighted by molar-refractivity contribution is 0.0360. The maximum atomic E-state index is 14.3. The van der Waals surface area contributed by atoms with E-state index in [2.05, 4.69) is 20.0 Å². The lowest BCUT2D eigenvalue weighted by Crippen LogP contribution is -2.38. The van der Waals surface area contributed by atoms with Crippen LogP contribution in [0.4, 0.5) is 14.5 Å². The molecular formula is C27H27F2N7O. The van der Waals surface area contributed by atoms with Crippen LogP contribution in [0, 0.1) is 11.6 Å². The number of hydrogen-bond acceptors (Lipinski definition) is 7. The number of nitrogens with two attached hydrogens (primary N) is 2. The summed E-state index contributed by atoms with van der Waals surface area (Å²) in [5.74, 6) is -1.53. The topological polar surface area (TPSA) is 108 Å². The average Bonchev–Trinajstić information content (AvgIpc) is 3.38. The standard InChI is InChI=1S/C27H27F2N7O/c28-22-12-25(29)27(33-16-22)20-9-19(10-23(31)11-20)24(13-30)26-2-1-18(14-32-26)21-15-34-36(17-21)4-3-35-5-7-37-8-6-35/h1-2,9-17H,3-8,30-31H2. The summed E-state index contributed by atoms with van der Waals surface area (Å²) in [6.45, 7) is 5.16. The van der Waals surface area contributed by atoms with Crippen molar-refractivity contribution >= 4 is 11.3 Å². The molecule has 4 N–H and O–H groups in total. The summed E-state index contributed by atoms with van der Waals surface area (Å²) in [5.41, 5.74) is 16.6. The van der Waals surface area contributed by atoms with Crippen LogP contribution in [0.15, 0.2) is 67.4 Å². The number of morpholine rings is 1. The number of halogens is 2. The van der Waals surface area contributed by atoms with Crippen molar-refractivity contribution in [3.05, 3.63) is 90.3 Å². The third-order valence-corrected chi connectivity index (χ3v) is 6.27.